The highest BCUT2D eigenvalue weighted by atomic mass is 16.6. The number of carboxylic acid groups (broad SMARTS) is 1. The lowest BCUT2D eigenvalue weighted by Crippen LogP contribution is -2.32. The maximum atomic E-state index is 12.2. The second-order valence-corrected chi connectivity index (χ2v) is 5.98. The minimum absolute atomic E-state index is 0.0793. The number of phenols is 1. The van der Waals surface area contributed by atoms with Gasteiger partial charge in [0.1, 0.15) is 11.9 Å². The topological polar surface area (TPSA) is 113 Å². The average Bonchev–Trinajstić information content (AvgIpc) is 2.68. The van der Waals surface area contributed by atoms with Crippen LogP contribution in [0.4, 0.5) is 4.79 Å². The van der Waals surface area contributed by atoms with Gasteiger partial charge in [-0.15, -0.1) is 0 Å². The fourth-order valence-corrected chi connectivity index (χ4v) is 2.50. The summed E-state index contributed by atoms with van der Waals surface area (Å²) in [5.41, 5.74) is 0.988. The van der Waals surface area contributed by atoms with Crippen molar-refractivity contribution in [1.29, 1.82) is 0 Å². The number of amides is 2. The van der Waals surface area contributed by atoms with Gasteiger partial charge < -0.3 is 14.9 Å². The maximum Gasteiger partial charge on any atom is 0.414 e. The van der Waals surface area contributed by atoms with Crippen LogP contribution in [0.5, 0.6) is 5.75 Å². The first kappa shape index (κ1) is 20.7. The van der Waals surface area contributed by atoms with E-state index in [4.69, 9.17) is 9.84 Å². The molecule has 0 saturated heterocycles. The third-order valence-corrected chi connectivity index (χ3v) is 3.86. The van der Waals surface area contributed by atoms with Crippen LogP contribution in [-0.2, 0) is 9.53 Å². The number of carbonyl (C=O) groups is 3. The lowest BCUT2D eigenvalue weighted by atomic mass is 10.0. The van der Waals surface area contributed by atoms with Crippen LogP contribution in [0.2, 0.25) is 0 Å². The molecule has 28 heavy (non-hydrogen) atoms. The number of rotatable bonds is 8. The summed E-state index contributed by atoms with van der Waals surface area (Å²) in [4.78, 5) is 34.7. The molecule has 0 bridgehead atoms. The van der Waals surface area contributed by atoms with E-state index in [0.717, 1.165) is 6.08 Å². The minimum atomic E-state index is -1.02. The lowest BCUT2D eigenvalue weighted by Gasteiger charge is -2.18. The van der Waals surface area contributed by atoms with Gasteiger partial charge in [0, 0.05) is 11.6 Å². The molecule has 0 aliphatic heterocycles. The van der Waals surface area contributed by atoms with Crippen molar-refractivity contribution in [2.24, 2.45) is 0 Å². The molecule has 0 fully saturated rings. The fraction of sp³-hybridized carbons (Fsp3) is 0.190. The van der Waals surface area contributed by atoms with Gasteiger partial charge in [0.05, 0.1) is 0 Å². The molecule has 0 aliphatic rings. The number of imide groups is 1. The van der Waals surface area contributed by atoms with E-state index in [-0.39, 0.29) is 5.75 Å². The van der Waals surface area contributed by atoms with Gasteiger partial charge in [-0.25, -0.2) is 9.59 Å². The third-order valence-electron chi connectivity index (χ3n) is 3.86. The van der Waals surface area contributed by atoms with E-state index < -0.39 is 24.1 Å². The number of unbranched alkanes of at least 4 members (excludes halogenated alkanes) is 1. The Morgan fingerprint density at radius 1 is 1.04 bits per heavy atom. The van der Waals surface area contributed by atoms with Crippen molar-refractivity contribution < 1.29 is 29.3 Å². The highest BCUT2D eigenvalue weighted by Crippen LogP contribution is 2.25. The number of aromatic hydroxyl groups is 1. The number of carbonyl (C=O) groups excluding carboxylic acids is 2. The summed E-state index contributed by atoms with van der Waals surface area (Å²) in [5.74, 6) is -1.51. The number of ether oxygens (including phenoxy) is 1. The van der Waals surface area contributed by atoms with E-state index >= 15 is 0 Å². The molecule has 0 aliphatic carbocycles. The number of benzene rings is 2. The standard InChI is InChI=1S/C21H21NO6/c23-17-13-11-15(12-14-17)18(9-5-2-6-10-19(24)25)28-21(27)22-20(26)16-7-3-1-4-8-16/h1,3-4,6-8,10-14,18,23H,2,5,9H2,(H,24,25)(H,22,26,27)/b10-6+/t18-/m0/s1. The Kier molecular flexibility index (Phi) is 7.77. The quantitative estimate of drug-likeness (QED) is 0.472. The van der Waals surface area contributed by atoms with E-state index in [2.05, 4.69) is 5.32 Å². The minimum Gasteiger partial charge on any atom is -0.508 e. The summed E-state index contributed by atoms with van der Waals surface area (Å²) in [5, 5.41) is 20.2. The second kappa shape index (κ2) is 10.5. The van der Waals surface area contributed by atoms with Gasteiger partial charge in [-0.2, -0.15) is 0 Å². The number of nitrogens with one attached hydrogen (secondary N) is 1. The number of hydrogen-bond acceptors (Lipinski definition) is 5. The molecule has 0 spiro atoms. The summed E-state index contributed by atoms with van der Waals surface area (Å²) in [7, 11) is 0. The zero-order chi connectivity index (χ0) is 20.4. The molecule has 0 radical (unpaired) electrons. The average molecular weight is 383 g/mol. The molecule has 1 atom stereocenters. The number of alkyl carbamates (subject to hydrolysis) is 1. The van der Waals surface area contributed by atoms with Crippen LogP contribution < -0.4 is 5.32 Å². The van der Waals surface area contributed by atoms with Gasteiger partial charge >= 0.3 is 12.1 Å². The van der Waals surface area contributed by atoms with Crippen LogP contribution in [0.25, 0.3) is 0 Å². The Balaban J connectivity index is 1.99. The predicted octanol–water partition coefficient (Wildman–Crippen LogP) is 3.81. The van der Waals surface area contributed by atoms with Crippen molar-refractivity contribution in [2.75, 3.05) is 0 Å². The number of carboxylic acids is 1. The van der Waals surface area contributed by atoms with Crippen LogP contribution in [-0.4, -0.2) is 28.2 Å². The molecule has 2 rings (SSSR count). The molecular weight excluding hydrogens is 362 g/mol. The number of allylic oxidation sites excluding steroid dienone is 1. The molecule has 7 nitrogen and oxygen atoms in total. The first-order valence-corrected chi connectivity index (χ1v) is 8.71. The molecule has 2 aromatic carbocycles. The Morgan fingerprint density at radius 2 is 1.71 bits per heavy atom. The molecule has 0 unspecified atom stereocenters. The summed E-state index contributed by atoms with van der Waals surface area (Å²) in [6.45, 7) is 0. The van der Waals surface area contributed by atoms with Crippen LogP contribution in [0.15, 0.2) is 66.7 Å². The predicted molar refractivity (Wildman–Crippen MR) is 102 cm³/mol. The molecular formula is C21H21NO6. The molecule has 2 amide bonds. The highest BCUT2D eigenvalue weighted by Gasteiger charge is 2.19. The van der Waals surface area contributed by atoms with Crippen molar-refractivity contribution >= 4 is 18.0 Å². The summed E-state index contributed by atoms with van der Waals surface area (Å²) >= 11 is 0. The van der Waals surface area contributed by atoms with Gasteiger partial charge in [-0.05, 0) is 49.1 Å². The third kappa shape index (κ3) is 6.95. The van der Waals surface area contributed by atoms with Crippen LogP contribution in [0.3, 0.4) is 0 Å². The van der Waals surface area contributed by atoms with Crippen LogP contribution >= 0.6 is 0 Å². The van der Waals surface area contributed by atoms with Gasteiger partial charge in [-0.3, -0.25) is 10.1 Å². The Bertz CT molecular complexity index is 830. The van der Waals surface area contributed by atoms with Crippen molar-refractivity contribution in [3.05, 3.63) is 77.9 Å². The SMILES string of the molecule is O=C(O)/C=C/CCC[C@H](OC(=O)NC(=O)c1ccccc1)c1ccc(O)cc1. The molecule has 2 aromatic rings. The monoisotopic (exact) mass is 383 g/mol. The van der Waals surface area contributed by atoms with E-state index in [9.17, 15) is 19.5 Å². The van der Waals surface area contributed by atoms with Gasteiger partial charge in [-0.1, -0.05) is 36.4 Å². The van der Waals surface area contributed by atoms with Gasteiger partial charge in [0.15, 0.2) is 0 Å². The first-order chi connectivity index (χ1) is 13.5. The van der Waals surface area contributed by atoms with Crippen molar-refractivity contribution in [3.8, 4) is 5.75 Å². The van der Waals surface area contributed by atoms with Crippen molar-refractivity contribution in [3.63, 3.8) is 0 Å². The van der Waals surface area contributed by atoms with Crippen molar-refractivity contribution in [1.82, 2.24) is 5.32 Å². The highest BCUT2D eigenvalue weighted by molar-refractivity contribution is 6.02. The van der Waals surface area contributed by atoms with E-state index in [1.807, 2.05) is 0 Å². The Morgan fingerprint density at radius 3 is 2.36 bits per heavy atom. The summed E-state index contributed by atoms with van der Waals surface area (Å²) in [6.07, 6.45) is 2.53. The zero-order valence-electron chi connectivity index (χ0n) is 15.1. The number of hydrogen-bond donors (Lipinski definition) is 3. The van der Waals surface area contributed by atoms with Gasteiger partial charge in [0.2, 0.25) is 0 Å². The Hall–Kier alpha value is -3.61. The normalized spacial score (nSPS) is 11.7. The van der Waals surface area contributed by atoms with E-state index in [1.54, 1.807) is 42.5 Å². The Labute approximate surface area is 162 Å². The van der Waals surface area contributed by atoms with Gasteiger partial charge in [0.25, 0.3) is 5.91 Å². The number of phenolic OH excluding ortho intramolecular Hbond substituents is 1. The molecule has 0 heterocycles. The molecule has 146 valence electrons. The molecule has 7 heteroatoms. The lowest BCUT2D eigenvalue weighted by molar-refractivity contribution is -0.131. The zero-order valence-corrected chi connectivity index (χ0v) is 15.1. The summed E-state index contributed by atoms with van der Waals surface area (Å²) in [6, 6.07) is 14.5. The summed E-state index contributed by atoms with van der Waals surface area (Å²) < 4.78 is 5.40. The first-order valence-electron chi connectivity index (χ1n) is 8.71. The largest absolute Gasteiger partial charge is 0.508 e. The fourth-order valence-electron chi connectivity index (χ4n) is 2.50. The van der Waals surface area contributed by atoms with Crippen molar-refractivity contribution in [2.45, 2.75) is 25.4 Å². The number of aliphatic carboxylic acids is 1. The van der Waals surface area contributed by atoms with E-state index in [1.165, 1.54) is 18.2 Å². The molecule has 3 N–H and O–H groups in total. The smallest absolute Gasteiger partial charge is 0.414 e. The maximum absolute atomic E-state index is 12.2. The van der Waals surface area contributed by atoms with Crippen LogP contribution in [0.1, 0.15) is 41.3 Å². The van der Waals surface area contributed by atoms with Crippen LogP contribution in [0, 0.1) is 0 Å². The molecule has 0 saturated carbocycles. The molecule has 0 aromatic heterocycles. The van der Waals surface area contributed by atoms with E-state index in [0.29, 0.717) is 30.4 Å². The second-order valence-electron chi connectivity index (χ2n) is 5.98.